The quantitative estimate of drug-likeness (QED) is 0.0854. The summed E-state index contributed by atoms with van der Waals surface area (Å²) in [7, 11) is 0. The molecule has 0 atom stereocenters. The van der Waals surface area contributed by atoms with Gasteiger partial charge in [0.2, 0.25) is 0 Å². The fraction of sp³-hybridized carbons (Fsp3) is 0.222. The summed E-state index contributed by atoms with van der Waals surface area (Å²) in [5, 5.41) is 62.6. The number of nitrogens with zero attached hydrogens (tertiary/aromatic N) is 12. The van der Waals surface area contributed by atoms with E-state index in [9.17, 15) is 60.7 Å². The normalized spacial score (nSPS) is 9.19. The first-order chi connectivity index (χ1) is 36.3. The van der Waals surface area contributed by atoms with Gasteiger partial charge >= 0.3 is 0 Å². The average molecular weight is 1240 g/mol. The van der Waals surface area contributed by atoms with Crippen LogP contribution in [-0.4, -0.2) is 29.5 Å². The maximum Gasteiger partial charge on any atom is 0.267 e. The Kier molecular flexibility index (Phi) is 27.1. The average Bonchev–Trinajstić information content (AvgIpc) is 3.34. The number of nitro benzene ring substituents is 6. The molecule has 6 aromatic rings. The zero-order valence-electron chi connectivity index (χ0n) is 44.6. The van der Waals surface area contributed by atoms with Gasteiger partial charge in [-0.3, -0.25) is 60.7 Å². The van der Waals surface area contributed by atoms with Gasteiger partial charge in [0.1, 0.15) is 0 Å². The van der Waals surface area contributed by atoms with Crippen LogP contribution >= 0.6 is 0 Å². The second-order valence-electron chi connectivity index (χ2n) is 16.8. The maximum atomic E-state index is 10.4. The molecule has 0 saturated heterocycles. The Hall–Kier alpha value is -10.7. The van der Waals surface area contributed by atoms with Crippen LogP contribution in [0.1, 0.15) is 66.8 Å². The van der Waals surface area contributed by atoms with Crippen LogP contribution < -0.4 is 0 Å². The van der Waals surface area contributed by atoms with Crippen LogP contribution in [0.15, 0.2) is 72.8 Å². The van der Waals surface area contributed by atoms with Crippen molar-refractivity contribution in [3.63, 3.8) is 0 Å². The van der Waals surface area contributed by atoms with Crippen molar-refractivity contribution in [3.8, 4) is 0 Å². The number of aryl methyl sites for hydroxylation is 12. The number of hydrogen-bond acceptors (Lipinski definition) is 12. The Bertz CT molecular complexity index is 2910. The number of rotatable bonds is 6. The van der Waals surface area contributed by atoms with Gasteiger partial charge < -0.3 is 0 Å². The SMILES string of the molecule is [C-]#[N+]c1c(C)cc([N+](=O)[O-])cc1C.[C-]#[N+]c1c(C)cc([N+](=O)[O-])cc1C.[C-]#[N+]c1c(C)cc([N+](=O)[O-])cc1C.[C-]#[N+]c1c(C)cc([N+](=O)[O-])cc1C.[C-]#[N+]c1c(C)cc([N+](=O)[O-])cc1C.[C-]#[N+]c1c(C)cc([N+](=O)[O-])cc1C.[W]. The summed E-state index contributed by atoms with van der Waals surface area (Å²) in [5.41, 5.74) is 11.1. The van der Waals surface area contributed by atoms with E-state index in [1.807, 2.05) is 0 Å². The molecule has 24 nitrogen and oxygen atoms in total. The van der Waals surface area contributed by atoms with E-state index >= 15 is 0 Å². The molecule has 0 radical (unpaired) electrons. The van der Waals surface area contributed by atoms with Gasteiger partial charge in [-0.05, 0) is 150 Å². The van der Waals surface area contributed by atoms with Crippen LogP contribution in [0.5, 0.6) is 0 Å². The monoisotopic (exact) mass is 1240 g/mol. The molecule has 0 aliphatic heterocycles. The predicted octanol–water partition coefficient (Wildman–Crippen LogP) is 16.6. The van der Waals surface area contributed by atoms with Gasteiger partial charge in [-0.2, -0.15) is 0 Å². The largest absolute Gasteiger partial charge is 0.267 e. The van der Waals surface area contributed by atoms with Crippen LogP contribution in [0.25, 0.3) is 29.1 Å². The van der Waals surface area contributed by atoms with Crippen molar-refractivity contribution in [2.45, 2.75) is 83.1 Å². The van der Waals surface area contributed by atoms with Crippen molar-refractivity contribution < 1.29 is 50.6 Å². The van der Waals surface area contributed by atoms with Crippen molar-refractivity contribution in [2.24, 2.45) is 0 Å². The number of hydrogen-bond donors (Lipinski definition) is 0. The molecule has 0 N–H and O–H groups in total. The molecule has 0 saturated carbocycles. The third-order valence-electron chi connectivity index (χ3n) is 10.8. The molecule has 0 amide bonds. The summed E-state index contributed by atoms with van der Waals surface area (Å²) < 4.78 is 0. The minimum atomic E-state index is -0.451. The summed E-state index contributed by atoms with van der Waals surface area (Å²) in [5.74, 6) is 0. The fourth-order valence-electron chi connectivity index (χ4n) is 7.29. The molecule has 0 heterocycles. The molecule has 0 aromatic heterocycles. The molecule has 0 aliphatic rings. The molecule has 402 valence electrons. The van der Waals surface area contributed by atoms with E-state index in [4.69, 9.17) is 39.4 Å². The molecule has 0 spiro atoms. The summed E-state index contributed by atoms with van der Waals surface area (Å²) in [6, 6.07) is 17.0. The van der Waals surface area contributed by atoms with Crippen LogP contribution in [-0.2, 0) is 21.1 Å². The molecule has 79 heavy (non-hydrogen) atoms. The van der Waals surface area contributed by atoms with Gasteiger partial charge in [0.05, 0.1) is 69.0 Å². The van der Waals surface area contributed by atoms with Gasteiger partial charge in [-0.15, -0.1) is 0 Å². The van der Waals surface area contributed by atoms with E-state index in [2.05, 4.69) is 29.1 Å². The summed E-state index contributed by atoms with van der Waals surface area (Å²) >= 11 is 0. The van der Waals surface area contributed by atoms with Crippen molar-refractivity contribution in [1.82, 2.24) is 0 Å². The van der Waals surface area contributed by atoms with E-state index in [0.717, 1.165) is 0 Å². The molecule has 0 bridgehead atoms. The maximum absolute atomic E-state index is 10.4. The van der Waals surface area contributed by atoms with Crippen molar-refractivity contribution in [1.29, 1.82) is 0 Å². The molecule has 0 unspecified atom stereocenters. The standard InChI is InChI=1S/6C9H8N2O2.W/c6*1-6-4-8(11(12)13)5-7(2)9(6)10-3;/h6*4-5H,1-2H3;. The van der Waals surface area contributed by atoms with Gasteiger partial charge in [-0.25, -0.2) is 29.1 Å². The molecule has 0 fully saturated rings. The van der Waals surface area contributed by atoms with Crippen molar-refractivity contribution in [3.05, 3.63) is 269 Å². The third-order valence-corrected chi connectivity index (χ3v) is 10.8. The Balaban J connectivity index is 0.000000922. The van der Waals surface area contributed by atoms with Crippen LogP contribution in [0, 0.1) is 183 Å². The summed E-state index contributed by atoms with van der Waals surface area (Å²) in [6.07, 6.45) is 0. The smallest absolute Gasteiger partial charge is 0.258 e. The Morgan fingerprint density at radius 2 is 0.316 bits per heavy atom. The number of benzene rings is 6. The Morgan fingerprint density at radius 3 is 0.367 bits per heavy atom. The van der Waals surface area contributed by atoms with E-state index in [1.54, 1.807) is 83.1 Å². The van der Waals surface area contributed by atoms with Gasteiger partial charge in [0, 0.05) is 93.9 Å². The first-order valence-electron chi connectivity index (χ1n) is 22.1. The first kappa shape index (κ1) is 68.3. The van der Waals surface area contributed by atoms with Gasteiger partial charge in [0.25, 0.3) is 34.1 Å². The predicted molar refractivity (Wildman–Crippen MR) is 293 cm³/mol. The van der Waals surface area contributed by atoms with Crippen LogP contribution in [0.3, 0.4) is 0 Å². The van der Waals surface area contributed by atoms with E-state index in [1.165, 1.54) is 72.8 Å². The minimum absolute atomic E-state index is 0. The van der Waals surface area contributed by atoms with Crippen LogP contribution in [0.4, 0.5) is 68.2 Å². The molecule has 6 aromatic carbocycles. The fourth-order valence-corrected chi connectivity index (χ4v) is 7.29. The van der Waals surface area contributed by atoms with Crippen molar-refractivity contribution >= 4 is 68.2 Å². The Labute approximate surface area is 468 Å². The van der Waals surface area contributed by atoms with E-state index in [0.29, 0.717) is 101 Å². The van der Waals surface area contributed by atoms with Gasteiger partial charge in [0.15, 0.2) is 34.1 Å². The molecule has 6 rings (SSSR count). The van der Waals surface area contributed by atoms with E-state index in [-0.39, 0.29) is 55.2 Å². The minimum Gasteiger partial charge on any atom is -0.258 e. The number of non-ortho nitro benzene ring substituents is 6. The second kappa shape index (κ2) is 31.3. The van der Waals surface area contributed by atoms with Crippen LogP contribution in [0.2, 0.25) is 0 Å². The van der Waals surface area contributed by atoms with Crippen molar-refractivity contribution in [2.75, 3.05) is 0 Å². The van der Waals surface area contributed by atoms with Gasteiger partial charge in [-0.1, -0.05) is 0 Å². The second-order valence-corrected chi connectivity index (χ2v) is 16.8. The summed E-state index contributed by atoms with van der Waals surface area (Å²) in [6.45, 7) is 61.6. The molecule has 0 aliphatic carbocycles. The number of nitro groups is 6. The van der Waals surface area contributed by atoms with E-state index < -0.39 is 29.5 Å². The Morgan fingerprint density at radius 1 is 0.241 bits per heavy atom. The molecular weight excluding hydrogens is 1190 g/mol. The zero-order chi connectivity index (χ0) is 60.0. The first-order valence-corrected chi connectivity index (χ1v) is 22.1. The topological polar surface area (TPSA) is 285 Å². The molecular formula is C54H48N12O12W. The summed E-state index contributed by atoms with van der Waals surface area (Å²) in [4.78, 5) is 79.7. The zero-order valence-corrected chi connectivity index (χ0v) is 47.5. The molecule has 25 heteroatoms. The third kappa shape index (κ3) is 19.5.